The molecule has 0 bridgehead atoms. The van der Waals surface area contributed by atoms with Gasteiger partial charge in [-0.3, -0.25) is 14.3 Å². The third kappa shape index (κ3) is 4.89. The number of fused-ring (bicyclic) bond motifs is 2. The van der Waals surface area contributed by atoms with Crippen LogP contribution < -0.4 is 20.5 Å². The Morgan fingerprint density at radius 3 is 2.67 bits per heavy atom. The Kier molecular flexibility index (Phi) is 6.83. The van der Waals surface area contributed by atoms with Gasteiger partial charge in [-0.25, -0.2) is 9.37 Å². The molecule has 2 saturated carbocycles. The summed E-state index contributed by atoms with van der Waals surface area (Å²) in [6.45, 7) is 2.97. The molecule has 2 aromatic heterocycles. The molecular formula is C33H33ClFN5O5. The lowest BCUT2D eigenvalue weighted by Crippen LogP contribution is -2.44. The summed E-state index contributed by atoms with van der Waals surface area (Å²) in [5.41, 5.74) is 4.98. The molecule has 3 aliphatic rings. The van der Waals surface area contributed by atoms with Gasteiger partial charge in [0.1, 0.15) is 46.1 Å². The standard InChI is InChI=1S/C33H33ClFN5O5/c1-16-8-20(34)11-22(26(16)35)28-29-23(32(2,15-45-29)31(36)42)12-25(38-28)33(43,19-4-5-19)14-37-30(41)17-9-18-13-40(21-6-7-21)39-27(18)24(10-17)44-3/h8-13,19,21,43H,4-7,14-15H2,1-3H3,(H2,36,42)(H,37,41)/t32-,33+/m0/s1. The van der Waals surface area contributed by atoms with Crippen molar-refractivity contribution in [3.05, 3.63) is 69.8 Å². The summed E-state index contributed by atoms with van der Waals surface area (Å²) in [6.07, 6.45) is 5.42. The summed E-state index contributed by atoms with van der Waals surface area (Å²) in [6, 6.07) is 8.27. The van der Waals surface area contributed by atoms with Gasteiger partial charge in [-0.2, -0.15) is 5.10 Å². The van der Waals surface area contributed by atoms with Gasteiger partial charge in [0.25, 0.3) is 5.91 Å². The molecule has 45 heavy (non-hydrogen) atoms. The van der Waals surface area contributed by atoms with Crippen LogP contribution in [0.1, 0.15) is 65.8 Å². The molecule has 4 aromatic rings. The molecule has 0 spiro atoms. The van der Waals surface area contributed by atoms with Gasteiger partial charge in [-0.1, -0.05) is 11.6 Å². The Labute approximate surface area is 263 Å². The Morgan fingerprint density at radius 2 is 2.00 bits per heavy atom. The van der Waals surface area contributed by atoms with Crippen molar-refractivity contribution in [3.8, 4) is 22.8 Å². The van der Waals surface area contributed by atoms with Gasteiger partial charge in [-0.15, -0.1) is 0 Å². The Hall–Kier alpha value is -4.22. The van der Waals surface area contributed by atoms with Crippen molar-refractivity contribution >= 4 is 34.3 Å². The number of halogens is 2. The molecule has 2 fully saturated rings. The molecule has 2 atom stereocenters. The fourth-order valence-electron chi connectivity index (χ4n) is 6.15. The van der Waals surface area contributed by atoms with E-state index in [0.717, 1.165) is 18.2 Å². The van der Waals surface area contributed by atoms with Crippen molar-refractivity contribution in [2.24, 2.45) is 11.7 Å². The second-order valence-electron chi connectivity index (χ2n) is 12.6. The minimum absolute atomic E-state index is 0.0705. The van der Waals surface area contributed by atoms with Gasteiger partial charge >= 0.3 is 0 Å². The van der Waals surface area contributed by atoms with Gasteiger partial charge < -0.3 is 25.6 Å². The highest BCUT2D eigenvalue weighted by Crippen LogP contribution is 2.50. The molecule has 0 saturated heterocycles. The molecule has 7 rings (SSSR count). The number of amides is 2. The minimum Gasteiger partial charge on any atom is -0.494 e. The molecule has 2 amide bonds. The van der Waals surface area contributed by atoms with Crippen molar-refractivity contribution < 1.29 is 28.6 Å². The van der Waals surface area contributed by atoms with Crippen molar-refractivity contribution in [1.82, 2.24) is 20.1 Å². The number of carbonyl (C=O) groups is 2. The van der Waals surface area contributed by atoms with Gasteiger partial charge in [0.15, 0.2) is 0 Å². The molecule has 12 heteroatoms. The van der Waals surface area contributed by atoms with Gasteiger partial charge in [-0.05, 0) is 81.3 Å². The summed E-state index contributed by atoms with van der Waals surface area (Å²) in [5, 5.41) is 20.9. The third-order valence-corrected chi connectivity index (χ3v) is 9.52. The average Bonchev–Trinajstić information content (AvgIpc) is 3.96. The minimum atomic E-state index is -1.64. The first-order valence-corrected chi connectivity index (χ1v) is 15.3. The number of ether oxygens (including phenoxy) is 2. The number of pyridine rings is 1. The number of aryl methyl sites for hydroxylation is 1. The number of methoxy groups -OCH3 is 1. The first-order chi connectivity index (χ1) is 21.4. The number of rotatable bonds is 9. The molecule has 4 N–H and O–H groups in total. The maximum absolute atomic E-state index is 15.6. The number of aliphatic hydroxyl groups is 1. The van der Waals surface area contributed by atoms with Crippen LogP contribution in [0.3, 0.4) is 0 Å². The number of hydrogen-bond donors (Lipinski definition) is 3. The summed E-state index contributed by atoms with van der Waals surface area (Å²) in [5.74, 6) is -1.17. The second-order valence-corrected chi connectivity index (χ2v) is 13.1. The van der Waals surface area contributed by atoms with Crippen LogP contribution in [-0.2, 0) is 15.8 Å². The predicted octanol–water partition coefficient (Wildman–Crippen LogP) is 4.71. The van der Waals surface area contributed by atoms with E-state index in [2.05, 4.69) is 10.4 Å². The maximum atomic E-state index is 15.6. The lowest BCUT2D eigenvalue weighted by Gasteiger charge is -2.30. The number of hydrogen-bond acceptors (Lipinski definition) is 7. The van der Waals surface area contributed by atoms with Crippen LogP contribution in [0, 0.1) is 18.7 Å². The maximum Gasteiger partial charge on any atom is 0.251 e. The average molecular weight is 634 g/mol. The van der Waals surface area contributed by atoms with E-state index in [-0.39, 0.29) is 41.8 Å². The van der Waals surface area contributed by atoms with Crippen LogP contribution in [0.5, 0.6) is 11.5 Å². The van der Waals surface area contributed by atoms with E-state index in [1.54, 1.807) is 32.0 Å². The highest BCUT2D eigenvalue weighted by molar-refractivity contribution is 6.31. The van der Waals surface area contributed by atoms with E-state index in [1.807, 2.05) is 10.9 Å². The summed E-state index contributed by atoms with van der Waals surface area (Å²) >= 11 is 6.32. The lowest BCUT2D eigenvalue weighted by molar-refractivity contribution is -0.123. The lowest BCUT2D eigenvalue weighted by atomic mass is 9.81. The highest BCUT2D eigenvalue weighted by atomic mass is 35.5. The van der Waals surface area contributed by atoms with Crippen molar-refractivity contribution in [2.45, 2.75) is 56.6 Å². The Bertz CT molecular complexity index is 1900. The van der Waals surface area contributed by atoms with Crippen LogP contribution in [0.25, 0.3) is 22.2 Å². The van der Waals surface area contributed by atoms with Crippen LogP contribution >= 0.6 is 11.6 Å². The Morgan fingerprint density at radius 1 is 1.24 bits per heavy atom. The number of nitrogens with two attached hydrogens (primary N) is 1. The van der Waals surface area contributed by atoms with Gasteiger partial charge in [0, 0.05) is 33.3 Å². The largest absolute Gasteiger partial charge is 0.494 e. The fourth-order valence-corrected chi connectivity index (χ4v) is 6.42. The molecule has 1 aliphatic heterocycles. The molecule has 10 nitrogen and oxygen atoms in total. The second kappa shape index (κ2) is 10.4. The third-order valence-electron chi connectivity index (χ3n) is 9.30. The molecule has 2 aliphatic carbocycles. The van der Waals surface area contributed by atoms with Crippen LogP contribution in [0.4, 0.5) is 4.39 Å². The molecule has 3 heterocycles. The van der Waals surface area contributed by atoms with Crippen molar-refractivity contribution in [2.75, 3.05) is 20.3 Å². The highest BCUT2D eigenvalue weighted by Gasteiger charge is 2.50. The van der Waals surface area contributed by atoms with E-state index >= 15 is 4.39 Å². The van der Waals surface area contributed by atoms with Crippen molar-refractivity contribution in [1.29, 1.82) is 0 Å². The normalized spacial score (nSPS) is 20.4. The first kappa shape index (κ1) is 29.5. The number of primary amides is 1. The summed E-state index contributed by atoms with van der Waals surface area (Å²) in [4.78, 5) is 31.0. The van der Waals surface area contributed by atoms with E-state index < -0.39 is 28.6 Å². The first-order valence-electron chi connectivity index (χ1n) is 14.9. The zero-order valence-electron chi connectivity index (χ0n) is 25.1. The quantitative estimate of drug-likeness (QED) is 0.242. The van der Waals surface area contributed by atoms with E-state index in [0.29, 0.717) is 51.9 Å². The topological polar surface area (TPSA) is 142 Å². The molecule has 234 valence electrons. The number of aromatic nitrogens is 3. The van der Waals surface area contributed by atoms with Crippen LogP contribution in [0.15, 0.2) is 36.5 Å². The summed E-state index contributed by atoms with van der Waals surface area (Å²) in [7, 11) is 1.53. The van der Waals surface area contributed by atoms with Crippen molar-refractivity contribution in [3.63, 3.8) is 0 Å². The molecule has 0 radical (unpaired) electrons. The van der Waals surface area contributed by atoms with E-state index in [9.17, 15) is 14.7 Å². The number of nitrogens with zero attached hydrogens (tertiary/aromatic N) is 3. The SMILES string of the molecule is COc1cc(C(=O)NC[C@](O)(c2cc3c(c(-c4cc(Cl)cc(C)c4F)n2)OC[C@]3(C)C(N)=O)C2CC2)cc2cn(C3CC3)nc12. The number of benzene rings is 2. The number of carbonyl (C=O) groups excluding carboxylic acids is 2. The number of nitrogens with one attached hydrogen (secondary N) is 1. The fraction of sp³-hybridized carbons (Fsp3) is 0.394. The molecule has 2 aromatic carbocycles. The van der Waals surface area contributed by atoms with Gasteiger partial charge in [0.05, 0.1) is 25.4 Å². The molecule has 0 unspecified atom stereocenters. The molecular weight excluding hydrogens is 601 g/mol. The monoisotopic (exact) mass is 633 g/mol. The van der Waals surface area contributed by atoms with Gasteiger partial charge in [0.2, 0.25) is 5.91 Å². The summed E-state index contributed by atoms with van der Waals surface area (Å²) < 4.78 is 29.0. The Balaban J connectivity index is 1.28. The van der Waals surface area contributed by atoms with E-state index in [4.69, 9.17) is 31.8 Å². The van der Waals surface area contributed by atoms with E-state index in [1.165, 1.54) is 19.2 Å². The zero-order valence-corrected chi connectivity index (χ0v) is 25.9. The van der Waals surface area contributed by atoms with Crippen LogP contribution in [0.2, 0.25) is 5.02 Å². The predicted molar refractivity (Wildman–Crippen MR) is 165 cm³/mol. The van der Waals surface area contributed by atoms with Crippen LogP contribution in [-0.4, -0.2) is 51.9 Å². The zero-order chi connectivity index (χ0) is 31.8. The smallest absolute Gasteiger partial charge is 0.251 e.